The SMILES string of the molecule is COc1cc(C2C=C3Nc4ccccc4NC(c4cc[nH+]cc4)C3C(=O)C2)cc(OC)c1OC. The van der Waals surface area contributed by atoms with E-state index < -0.39 is 0 Å². The normalized spacial score (nSPS) is 21.1. The number of fused-ring (bicyclic) bond motifs is 2. The zero-order valence-corrected chi connectivity index (χ0v) is 19.4. The van der Waals surface area contributed by atoms with Gasteiger partial charge in [0.05, 0.1) is 44.7 Å². The van der Waals surface area contributed by atoms with E-state index >= 15 is 0 Å². The Morgan fingerprint density at radius 2 is 1.56 bits per heavy atom. The van der Waals surface area contributed by atoms with Crippen molar-refractivity contribution in [2.75, 3.05) is 32.0 Å². The summed E-state index contributed by atoms with van der Waals surface area (Å²) in [4.78, 5) is 16.8. The van der Waals surface area contributed by atoms with Gasteiger partial charge in [-0.05, 0) is 35.4 Å². The van der Waals surface area contributed by atoms with Crippen LogP contribution in [0.1, 0.15) is 29.5 Å². The molecule has 5 rings (SSSR count). The lowest BCUT2D eigenvalue weighted by molar-refractivity contribution is -0.378. The molecule has 7 heteroatoms. The highest BCUT2D eigenvalue weighted by Gasteiger charge is 2.40. The molecule has 3 unspecified atom stereocenters. The van der Waals surface area contributed by atoms with Crippen LogP contribution in [0, 0.1) is 5.92 Å². The van der Waals surface area contributed by atoms with Crippen molar-refractivity contribution < 1.29 is 24.0 Å². The van der Waals surface area contributed by atoms with Crippen molar-refractivity contribution in [1.29, 1.82) is 0 Å². The van der Waals surface area contributed by atoms with Crippen LogP contribution >= 0.6 is 0 Å². The van der Waals surface area contributed by atoms with Crippen molar-refractivity contribution in [2.45, 2.75) is 18.4 Å². The molecule has 1 aliphatic heterocycles. The minimum absolute atomic E-state index is 0.130. The fourth-order valence-electron chi connectivity index (χ4n) is 4.92. The van der Waals surface area contributed by atoms with Crippen molar-refractivity contribution in [1.82, 2.24) is 0 Å². The summed E-state index contributed by atoms with van der Waals surface area (Å²) in [7, 11) is 4.77. The van der Waals surface area contributed by atoms with Gasteiger partial charge in [-0.2, -0.15) is 0 Å². The van der Waals surface area contributed by atoms with Crippen molar-refractivity contribution in [3.05, 3.63) is 83.8 Å². The standard InChI is InChI=1S/C27H27N3O4/c1-32-23-14-18(15-24(33-2)27(23)34-3)17-12-21-25(22(31)13-17)26(16-8-10-28-11-9-16)30-20-7-5-4-6-19(20)29-21/h4-12,14-15,17,25-26,29-30H,13H2,1-3H3/p+1. The Labute approximate surface area is 198 Å². The third-order valence-electron chi connectivity index (χ3n) is 6.55. The van der Waals surface area contributed by atoms with Gasteiger partial charge in [-0.25, -0.2) is 4.98 Å². The van der Waals surface area contributed by atoms with Crippen LogP contribution in [0.3, 0.4) is 0 Å². The second kappa shape index (κ2) is 9.09. The van der Waals surface area contributed by atoms with Crippen LogP contribution in [0.5, 0.6) is 17.2 Å². The molecule has 3 atom stereocenters. The average Bonchev–Trinajstić information content (AvgIpc) is 3.05. The molecule has 2 aliphatic rings. The largest absolute Gasteiger partial charge is 0.493 e. The molecule has 0 saturated heterocycles. The zero-order chi connectivity index (χ0) is 23.7. The number of ether oxygens (including phenoxy) is 3. The number of carbonyl (C=O) groups is 1. The lowest BCUT2D eigenvalue weighted by Gasteiger charge is -2.32. The number of benzene rings is 2. The molecule has 2 aromatic carbocycles. The van der Waals surface area contributed by atoms with E-state index in [1.54, 1.807) is 21.3 Å². The summed E-state index contributed by atoms with van der Waals surface area (Å²) in [6.45, 7) is 0. The molecule has 0 spiro atoms. The first-order chi connectivity index (χ1) is 16.6. The van der Waals surface area contributed by atoms with E-state index in [2.05, 4.69) is 21.7 Å². The minimum atomic E-state index is -0.340. The first kappa shape index (κ1) is 21.8. The summed E-state index contributed by atoms with van der Waals surface area (Å²) in [5, 5.41) is 7.17. The van der Waals surface area contributed by atoms with Crippen molar-refractivity contribution in [2.24, 2.45) is 5.92 Å². The number of methoxy groups -OCH3 is 3. The zero-order valence-electron chi connectivity index (χ0n) is 19.4. The quantitative estimate of drug-likeness (QED) is 0.591. The third-order valence-corrected chi connectivity index (χ3v) is 6.55. The predicted octanol–water partition coefficient (Wildman–Crippen LogP) is 4.36. The number of pyridine rings is 1. The Morgan fingerprint density at radius 3 is 2.21 bits per heavy atom. The topological polar surface area (TPSA) is 83.0 Å². The first-order valence-corrected chi connectivity index (χ1v) is 11.3. The van der Waals surface area contributed by atoms with Crippen LogP contribution in [0.4, 0.5) is 11.4 Å². The number of carbonyl (C=O) groups excluding carboxylic acids is 1. The number of nitrogens with one attached hydrogen (secondary N) is 3. The second-order valence-corrected chi connectivity index (χ2v) is 8.46. The summed E-state index contributed by atoms with van der Waals surface area (Å²) >= 11 is 0. The molecule has 0 bridgehead atoms. The number of hydrogen-bond donors (Lipinski definition) is 2. The number of anilines is 2. The highest BCUT2D eigenvalue weighted by atomic mass is 16.5. The Balaban J connectivity index is 1.61. The summed E-state index contributed by atoms with van der Waals surface area (Å²) in [6.07, 6.45) is 6.31. The third kappa shape index (κ3) is 3.83. The number of ketones is 1. The summed E-state index contributed by atoms with van der Waals surface area (Å²) in [5.74, 6) is 1.38. The number of Topliss-reactive ketones (excluding diaryl/α,β-unsaturated/α-hetero) is 1. The highest BCUT2D eigenvalue weighted by molar-refractivity contribution is 5.90. The molecule has 34 heavy (non-hydrogen) atoms. The second-order valence-electron chi connectivity index (χ2n) is 8.46. The van der Waals surface area contributed by atoms with Gasteiger partial charge in [0.15, 0.2) is 23.9 Å². The number of rotatable bonds is 5. The predicted molar refractivity (Wildman–Crippen MR) is 129 cm³/mol. The molecule has 174 valence electrons. The average molecular weight is 459 g/mol. The summed E-state index contributed by atoms with van der Waals surface area (Å²) in [5.41, 5.74) is 4.79. The summed E-state index contributed by atoms with van der Waals surface area (Å²) < 4.78 is 16.6. The molecule has 1 aliphatic carbocycles. The van der Waals surface area contributed by atoms with Crippen LogP contribution in [0.2, 0.25) is 0 Å². The lowest BCUT2D eigenvalue weighted by atomic mass is 9.76. The van der Waals surface area contributed by atoms with Gasteiger partial charge in [0.2, 0.25) is 5.75 Å². The first-order valence-electron chi connectivity index (χ1n) is 11.3. The maximum Gasteiger partial charge on any atom is 0.203 e. The molecular formula is C27H28N3O4+. The van der Waals surface area contributed by atoms with E-state index in [0.717, 1.165) is 28.2 Å². The Hall–Kier alpha value is -4.00. The van der Waals surface area contributed by atoms with Crippen molar-refractivity contribution in [3.63, 3.8) is 0 Å². The molecular weight excluding hydrogens is 430 g/mol. The van der Waals surface area contributed by atoms with Gasteiger partial charge >= 0.3 is 0 Å². The Kier molecular flexibility index (Phi) is 5.84. The number of aromatic nitrogens is 1. The smallest absolute Gasteiger partial charge is 0.203 e. The summed E-state index contributed by atoms with van der Waals surface area (Å²) in [6, 6.07) is 15.7. The van der Waals surface area contributed by atoms with Gasteiger partial charge in [0, 0.05) is 30.2 Å². The van der Waals surface area contributed by atoms with E-state index in [4.69, 9.17) is 14.2 Å². The number of allylic oxidation sites excluding steroid dienone is 1. The molecule has 1 aromatic heterocycles. The molecule has 0 saturated carbocycles. The molecule has 0 amide bonds. The van der Waals surface area contributed by atoms with Gasteiger partial charge in [-0.15, -0.1) is 0 Å². The van der Waals surface area contributed by atoms with Crippen molar-refractivity contribution in [3.8, 4) is 17.2 Å². The van der Waals surface area contributed by atoms with Gasteiger partial charge in [0.1, 0.15) is 5.78 Å². The van der Waals surface area contributed by atoms with E-state index in [9.17, 15) is 4.79 Å². The van der Waals surface area contributed by atoms with Crippen LogP contribution in [0.25, 0.3) is 0 Å². The number of aromatic amines is 1. The van der Waals surface area contributed by atoms with Crippen LogP contribution in [-0.2, 0) is 4.79 Å². The Morgan fingerprint density at radius 1 is 0.882 bits per heavy atom. The molecule has 3 N–H and O–H groups in total. The van der Waals surface area contributed by atoms with Gasteiger partial charge in [-0.1, -0.05) is 18.2 Å². The van der Waals surface area contributed by atoms with E-state index in [0.29, 0.717) is 23.7 Å². The molecule has 7 nitrogen and oxygen atoms in total. The molecule has 3 aromatic rings. The number of hydrogen-bond acceptors (Lipinski definition) is 6. The molecule has 0 fully saturated rings. The van der Waals surface area contributed by atoms with E-state index in [-0.39, 0.29) is 23.7 Å². The van der Waals surface area contributed by atoms with Gasteiger partial charge < -0.3 is 24.8 Å². The van der Waals surface area contributed by atoms with E-state index in [1.807, 2.05) is 60.9 Å². The molecule has 2 heterocycles. The van der Waals surface area contributed by atoms with Crippen LogP contribution in [0.15, 0.2) is 72.7 Å². The fraction of sp³-hybridized carbons (Fsp3) is 0.259. The fourth-order valence-corrected chi connectivity index (χ4v) is 4.92. The monoisotopic (exact) mass is 458 g/mol. The lowest BCUT2D eigenvalue weighted by Crippen LogP contribution is -2.34. The maximum atomic E-state index is 13.7. The van der Waals surface area contributed by atoms with Gasteiger partial charge in [-0.3, -0.25) is 4.79 Å². The number of para-hydroxylation sites is 2. The van der Waals surface area contributed by atoms with Crippen molar-refractivity contribution >= 4 is 17.2 Å². The van der Waals surface area contributed by atoms with E-state index in [1.165, 1.54) is 0 Å². The number of H-pyrrole nitrogens is 1. The van der Waals surface area contributed by atoms with Crippen LogP contribution < -0.4 is 29.8 Å². The molecule has 0 radical (unpaired) electrons. The minimum Gasteiger partial charge on any atom is -0.493 e. The van der Waals surface area contributed by atoms with Gasteiger partial charge in [0.25, 0.3) is 0 Å². The maximum absolute atomic E-state index is 13.7. The Bertz CT molecular complexity index is 1220. The highest BCUT2D eigenvalue weighted by Crippen LogP contribution is 2.46. The van der Waals surface area contributed by atoms with Crippen LogP contribution in [-0.4, -0.2) is 27.1 Å².